The maximum atomic E-state index is 12.1. The molecular formula is C19H30N2O3. The second kappa shape index (κ2) is 10.2. The fraction of sp³-hybridized carbons (Fsp3) is 0.632. The van der Waals surface area contributed by atoms with Crippen LogP contribution < -0.4 is 20.1 Å². The maximum absolute atomic E-state index is 12.1. The summed E-state index contributed by atoms with van der Waals surface area (Å²) in [4.78, 5) is 12.1. The van der Waals surface area contributed by atoms with Crippen molar-refractivity contribution in [2.45, 2.75) is 57.6 Å². The molecule has 134 valence electrons. The highest BCUT2D eigenvalue weighted by atomic mass is 16.5. The van der Waals surface area contributed by atoms with Crippen LogP contribution in [0.3, 0.4) is 0 Å². The summed E-state index contributed by atoms with van der Waals surface area (Å²) in [5, 5.41) is 6.48. The molecule has 0 saturated heterocycles. The van der Waals surface area contributed by atoms with Crippen molar-refractivity contribution in [2.75, 3.05) is 20.2 Å². The van der Waals surface area contributed by atoms with E-state index in [1.54, 1.807) is 26.2 Å². The van der Waals surface area contributed by atoms with Gasteiger partial charge in [0, 0.05) is 19.1 Å². The van der Waals surface area contributed by atoms with E-state index in [-0.39, 0.29) is 5.91 Å². The van der Waals surface area contributed by atoms with E-state index in [2.05, 4.69) is 10.6 Å². The zero-order valence-electron chi connectivity index (χ0n) is 14.8. The number of carbonyl (C=O) groups is 1. The second-order valence-corrected chi connectivity index (χ2v) is 6.37. The van der Waals surface area contributed by atoms with Gasteiger partial charge in [0.05, 0.1) is 7.11 Å². The summed E-state index contributed by atoms with van der Waals surface area (Å²) in [6, 6.07) is 7.84. The van der Waals surface area contributed by atoms with Gasteiger partial charge in [-0.25, -0.2) is 0 Å². The molecule has 0 bridgehead atoms. The Bertz CT molecular complexity index is 482. The number of hydrogen-bond acceptors (Lipinski definition) is 4. The SMILES string of the molecule is COc1ccc(OC(C)C(=O)NCCNC2CCCCCC2)cc1. The van der Waals surface area contributed by atoms with E-state index in [1.807, 2.05) is 12.1 Å². The molecule has 1 unspecified atom stereocenters. The minimum atomic E-state index is -0.517. The highest BCUT2D eigenvalue weighted by Crippen LogP contribution is 2.18. The zero-order chi connectivity index (χ0) is 17.2. The van der Waals surface area contributed by atoms with Gasteiger partial charge in [-0.15, -0.1) is 0 Å². The van der Waals surface area contributed by atoms with E-state index in [4.69, 9.17) is 9.47 Å². The van der Waals surface area contributed by atoms with Crippen LogP contribution >= 0.6 is 0 Å². The fourth-order valence-electron chi connectivity index (χ4n) is 3.00. The van der Waals surface area contributed by atoms with Crippen molar-refractivity contribution in [3.8, 4) is 11.5 Å². The van der Waals surface area contributed by atoms with E-state index in [9.17, 15) is 4.79 Å². The first kappa shape index (κ1) is 18.6. The van der Waals surface area contributed by atoms with Gasteiger partial charge in [0.1, 0.15) is 11.5 Å². The Morgan fingerprint density at radius 2 is 1.71 bits per heavy atom. The summed E-state index contributed by atoms with van der Waals surface area (Å²) in [7, 11) is 1.62. The standard InChI is InChI=1S/C19H30N2O3/c1-15(24-18-11-9-17(23-2)10-12-18)19(22)21-14-13-20-16-7-5-3-4-6-8-16/h9-12,15-16,20H,3-8,13-14H2,1-2H3,(H,21,22). The summed E-state index contributed by atoms with van der Waals surface area (Å²) in [6.07, 6.45) is 7.34. The van der Waals surface area contributed by atoms with E-state index >= 15 is 0 Å². The third-order valence-electron chi connectivity index (χ3n) is 4.45. The maximum Gasteiger partial charge on any atom is 0.260 e. The van der Waals surface area contributed by atoms with E-state index in [1.165, 1.54) is 38.5 Å². The van der Waals surface area contributed by atoms with Crippen LogP contribution in [0.4, 0.5) is 0 Å². The fourth-order valence-corrected chi connectivity index (χ4v) is 3.00. The molecular weight excluding hydrogens is 304 g/mol. The Hall–Kier alpha value is -1.75. The number of ether oxygens (including phenoxy) is 2. The first-order valence-electron chi connectivity index (χ1n) is 9.01. The minimum absolute atomic E-state index is 0.0894. The van der Waals surface area contributed by atoms with Gasteiger partial charge in [0.25, 0.3) is 5.91 Å². The number of hydrogen-bond donors (Lipinski definition) is 2. The lowest BCUT2D eigenvalue weighted by Gasteiger charge is -2.18. The smallest absolute Gasteiger partial charge is 0.260 e. The Balaban J connectivity index is 1.63. The van der Waals surface area contributed by atoms with Crippen molar-refractivity contribution in [1.82, 2.24) is 10.6 Å². The van der Waals surface area contributed by atoms with E-state index < -0.39 is 6.10 Å². The predicted molar refractivity (Wildman–Crippen MR) is 95.6 cm³/mol. The zero-order valence-corrected chi connectivity index (χ0v) is 14.8. The van der Waals surface area contributed by atoms with Gasteiger partial charge in [0.2, 0.25) is 0 Å². The van der Waals surface area contributed by atoms with Gasteiger partial charge in [-0.2, -0.15) is 0 Å². The molecule has 1 fully saturated rings. The van der Waals surface area contributed by atoms with Crippen molar-refractivity contribution in [3.05, 3.63) is 24.3 Å². The molecule has 2 N–H and O–H groups in total. The van der Waals surface area contributed by atoms with E-state index in [0.29, 0.717) is 18.3 Å². The van der Waals surface area contributed by atoms with Crippen molar-refractivity contribution in [3.63, 3.8) is 0 Å². The summed E-state index contributed by atoms with van der Waals surface area (Å²) in [5.41, 5.74) is 0. The Morgan fingerprint density at radius 3 is 2.33 bits per heavy atom. The average Bonchev–Trinajstić information content (AvgIpc) is 2.88. The lowest BCUT2D eigenvalue weighted by molar-refractivity contribution is -0.127. The minimum Gasteiger partial charge on any atom is -0.497 e. The molecule has 1 aromatic carbocycles. The van der Waals surface area contributed by atoms with Crippen LogP contribution in [0, 0.1) is 0 Å². The van der Waals surface area contributed by atoms with Gasteiger partial charge in [-0.1, -0.05) is 25.7 Å². The van der Waals surface area contributed by atoms with E-state index in [0.717, 1.165) is 12.3 Å². The molecule has 0 aromatic heterocycles. The van der Waals surface area contributed by atoms with Crippen LogP contribution in [0.1, 0.15) is 45.4 Å². The number of amides is 1. The van der Waals surface area contributed by atoms with Crippen LogP contribution in [0.15, 0.2) is 24.3 Å². The molecule has 0 spiro atoms. The third-order valence-corrected chi connectivity index (χ3v) is 4.45. The molecule has 1 aliphatic rings. The monoisotopic (exact) mass is 334 g/mol. The molecule has 5 heteroatoms. The predicted octanol–water partition coefficient (Wildman–Crippen LogP) is 2.89. The summed E-state index contributed by atoms with van der Waals surface area (Å²) < 4.78 is 10.8. The topological polar surface area (TPSA) is 59.6 Å². The largest absolute Gasteiger partial charge is 0.497 e. The van der Waals surface area contributed by atoms with Crippen LogP contribution in [0.5, 0.6) is 11.5 Å². The molecule has 1 amide bonds. The number of rotatable bonds is 8. The number of carbonyl (C=O) groups excluding carboxylic acids is 1. The second-order valence-electron chi connectivity index (χ2n) is 6.37. The quantitative estimate of drug-likeness (QED) is 0.567. The summed E-state index contributed by atoms with van der Waals surface area (Å²) >= 11 is 0. The van der Waals surface area contributed by atoms with Crippen LogP contribution in [-0.2, 0) is 4.79 Å². The molecule has 1 saturated carbocycles. The van der Waals surface area contributed by atoms with Gasteiger partial charge < -0.3 is 20.1 Å². The Labute approximate surface area is 145 Å². The first-order valence-corrected chi connectivity index (χ1v) is 9.01. The first-order chi connectivity index (χ1) is 11.7. The molecule has 2 rings (SSSR count). The van der Waals surface area contributed by atoms with Crippen molar-refractivity contribution < 1.29 is 14.3 Å². The van der Waals surface area contributed by atoms with Crippen LogP contribution in [0.25, 0.3) is 0 Å². The summed E-state index contributed by atoms with van der Waals surface area (Å²) in [5.74, 6) is 1.34. The lowest BCUT2D eigenvalue weighted by atomic mass is 10.1. The molecule has 0 radical (unpaired) electrons. The van der Waals surface area contributed by atoms with Crippen LogP contribution in [0.2, 0.25) is 0 Å². The molecule has 0 heterocycles. The molecule has 1 aromatic rings. The number of benzene rings is 1. The average molecular weight is 334 g/mol. The van der Waals surface area contributed by atoms with Crippen molar-refractivity contribution >= 4 is 5.91 Å². The summed E-state index contributed by atoms with van der Waals surface area (Å²) in [6.45, 7) is 3.20. The Morgan fingerprint density at radius 1 is 1.08 bits per heavy atom. The Kier molecular flexibility index (Phi) is 7.89. The molecule has 0 aliphatic heterocycles. The third kappa shape index (κ3) is 6.40. The van der Waals surface area contributed by atoms with Gasteiger partial charge in [0.15, 0.2) is 6.10 Å². The van der Waals surface area contributed by atoms with Gasteiger partial charge in [-0.05, 0) is 44.0 Å². The highest BCUT2D eigenvalue weighted by molar-refractivity contribution is 5.80. The normalized spacial score (nSPS) is 16.9. The van der Waals surface area contributed by atoms with Crippen LogP contribution in [-0.4, -0.2) is 38.3 Å². The van der Waals surface area contributed by atoms with Gasteiger partial charge >= 0.3 is 0 Å². The highest BCUT2D eigenvalue weighted by Gasteiger charge is 2.15. The molecule has 24 heavy (non-hydrogen) atoms. The van der Waals surface area contributed by atoms with Gasteiger partial charge in [-0.3, -0.25) is 4.79 Å². The number of methoxy groups -OCH3 is 1. The lowest BCUT2D eigenvalue weighted by Crippen LogP contribution is -2.41. The molecule has 5 nitrogen and oxygen atoms in total. The number of nitrogens with one attached hydrogen (secondary N) is 2. The molecule has 1 aliphatic carbocycles. The van der Waals surface area contributed by atoms with Crippen molar-refractivity contribution in [2.24, 2.45) is 0 Å². The van der Waals surface area contributed by atoms with Crippen molar-refractivity contribution in [1.29, 1.82) is 0 Å². The molecule has 1 atom stereocenters.